The molecule has 0 aliphatic carbocycles. The highest BCUT2D eigenvalue weighted by Gasteiger charge is 2.33. The number of hydrogen-bond donors (Lipinski definition) is 0. The van der Waals surface area contributed by atoms with E-state index in [1.165, 1.54) is 0 Å². The van der Waals surface area contributed by atoms with Gasteiger partial charge in [-0.3, -0.25) is 9.69 Å². The molecule has 4 nitrogen and oxygen atoms in total. The predicted octanol–water partition coefficient (Wildman–Crippen LogP) is 1.99. The summed E-state index contributed by atoms with van der Waals surface area (Å²) in [5.41, 5.74) is 0.662. The zero-order valence-electron chi connectivity index (χ0n) is 10.4. The fourth-order valence-electron chi connectivity index (χ4n) is 2.15. The molecule has 2 aliphatic heterocycles. The molecule has 1 fully saturated rings. The summed E-state index contributed by atoms with van der Waals surface area (Å²) in [5.74, 6) is 0.801. The van der Waals surface area contributed by atoms with Crippen molar-refractivity contribution in [3.05, 3.63) is 54.3 Å². The molecule has 2 heterocycles. The number of aldehydes is 1. The van der Waals surface area contributed by atoms with E-state index in [0.29, 0.717) is 5.56 Å². The van der Waals surface area contributed by atoms with E-state index < -0.39 is 0 Å². The van der Waals surface area contributed by atoms with Crippen LogP contribution in [0.5, 0.6) is 5.75 Å². The number of benzene rings is 1. The summed E-state index contributed by atoms with van der Waals surface area (Å²) in [4.78, 5) is 12.8. The molecule has 1 saturated heterocycles. The zero-order chi connectivity index (χ0) is 13.1. The molecule has 1 aromatic carbocycles. The lowest BCUT2D eigenvalue weighted by Crippen LogP contribution is -2.57. The molecule has 0 aromatic heterocycles. The molecule has 0 saturated carbocycles. The molecule has 2 aliphatic rings. The van der Waals surface area contributed by atoms with Crippen LogP contribution in [-0.4, -0.2) is 36.6 Å². The first-order valence-corrected chi connectivity index (χ1v) is 6.30. The first kappa shape index (κ1) is 12.0. The first-order valence-electron chi connectivity index (χ1n) is 6.30. The zero-order valence-corrected chi connectivity index (χ0v) is 10.4. The van der Waals surface area contributed by atoms with Crippen LogP contribution in [0.4, 0.5) is 0 Å². The molecule has 0 bridgehead atoms. The molecule has 0 amide bonds. The summed E-state index contributed by atoms with van der Waals surface area (Å²) in [7, 11) is 0. The molecule has 0 spiro atoms. The van der Waals surface area contributed by atoms with Gasteiger partial charge in [-0.25, -0.2) is 0 Å². The molecular formula is C15H15NO3. The number of carbonyl (C=O) groups is 1. The Morgan fingerprint density at radius 2 is 2.00 bits per heavy atom. The van der Waals surface area contributed by atoms with Gasteiger partial charge in [0.05, 0.1) is 6.26 Å². The molecule has 3 rings (SSSR count). The number of ether oxygens (including phenoxy) is 2. The van der Waals surface area contributed by atoms with Crippen LogP contribution in [0.3, 0.4) is 0 Å². The standard InChI is InChI=1S/C15H15NO3/c17-11-12-4-6-13(7-5-12)19-14-9-16(10-14)15-3-1-2-8-18-15/h1-8,11,14-15H,9-10H2. The Morgan fingerprint density at radius 1 is 1.21 bits per heavy atom. The van der Waals surface area contributed by atoms with Gasteiger partial charge in [-0.05, 0) is 36.4 Å². The predicted molar refractivity (Wildman–Crippen MR) is 71.0 cm³/mol. The smallest absolute Gasteiger partial charge is 0.171 e. The van der Waals surface area contributed by atoms with Crippen molar-refractivity contribution >= 4 is 6.29 Å². The molecule has 1 atom stereocenters. The highest BCUT2D eigenvalue weighted by Crippen LogP contribution is 2.22. The van der Waals surface area contributed by atoms with Gasteiger partial charge in [-0.15, -0.1) is 0 Å². The van der Waals surface area contributed by atoms with Gasteiger partial charge in [0, 0.05) is 18.7 Å². The lowest BCUT2D eigenvalue weighted by Gasteiger charge is -2.42. The van der Waals surface area contributed by atoms with Crippen molar-refractivity contribution in [3.8, 4) is 5.75 Å². The van der Waals surface area contributed by atoms with Gasteiger partial charge in [0.1, 0.15) is 18.1 Å². The molecule has 19 heavy (non-hydrogen) atoms. The van der Waals surface area contributed by atoms with Gasteiger partial charge >= 0.3 is 0 Å². The Balaban J connectivity index is 1.49. The average Bonchev–Trinajstić information content (AvgIpc) is 2.44. The summed E-state index contributed by atoms with van der Waals surface area (Å²) in [6.07, 6.45) is 8.63. The second-order valence-corrected chi connectivity index (χ2v) is 4.62. The normalized spacial score (nSPS) is 22.6. The number of hydrogen-bond acceptors (Lipinski definition) is 4. The van der Waals surface area contributed by atoms with Gasteiger partial charge in [-0.1, -0.05) is 6.08 Å². The van der Waals surface area contributed by atoms with Crippen molar-refractivity contribution < 1.29 is 14.3 Å². The largest absolute Gasteiger partial charge is 0.488 e. The van der Waals surface area contributed by atoms with Crippen LogP contribution in [0, 0.1) is 0 Å². The third-order valence-corrected chi connectivity index (χ3v) is 3.24. The summed E-state index contributed by atoms with van der Waals surface area (Å²) < 4.78 is 11.3. The first-order chi connectivity index (χ1) is 9.35. The Bertz CT molecular complexity index is 501. The van der Waals surface area contributed by atoms with Crippen LogP contribution in [0.2, 0.25) is 0 Å². The molecule has 1 unspecified atom stereocenters. The fourth-order valence-corrected chi connectivity index (χ4v) is 2.15. The summed E-state index contributed by atoms with van der Waals surface area (Å²) in [6, 6.07) is 7.17. The van der Waals surface area contributed by atoms with E-state index in [9.17, 15) is 4.79 Å². The fraction of sp³-hybridized carbons (Fsp3) is 0.267. The van der Waals surface area contributed by atoms with E-state index in [0.717, 1.165) is 25.1 Å². The van der Waals surface area contributed by atoms with E-state index in [2.05, 4.69) is 4.90 Å². The Hall–Kier alpha value is -2.07. The van der Waals surface area contributed by atoms with E-state index >= 15 is 0 Å². The van der Waals surface area contributed by atoms with Gasteiger partial charge in [-0.2, -0.15) is 0 Å². The average molecular weight is 257 g/mol. The van der Waals surface area contributed by atoms with Crippen LogP contribution in [-0.2, 0) is 4.74 Å². The maximum absolute atomic E-state index is 10.6. The topological polar surface area (TPSA) is 38.8 Å². The lowest BCUT2D eigenvalue weighted by molar-refractivity contribution is -0.0733. The van der Waals surface area contributed by atoms with E-state index in [-0.39, 0.29) is 12.3 Å². The molecule has 4 heteroatoms. The Morgan fingerprint density at radius 3 is 2.63 bits per heavy atom. The third-order valence-electron chi connectivity index (χ3n) is 3.24. The van der Waals surface area contributed by atoms with Crippen molar-refractivity contribution in [2.75, 3.05) is 13.1 Å². The van der Waals surface area contributed by atoms with Crippen LogP contribution < -0.4 is 4.74 Å². The van der Waals surface area contributed by atoms with Crippen molar-refractivity contribution in [3.63, 3.8) is 0 Å². The van der Waals surface area contributed by atoms with E-state index in [1.54, 1.807) is 18.4 Å². The molecule has 0 radical (unpaired) electrons. The Labute approximate surface area is 111 Å². The minimum Gasteiger partial charge on any atom is -0.488 e. The van der Waals surface area contributed by atoms with Gasteiger partial charge < -0.3 is 9.47 Å². The highest BCUT2D eigenvalue weighted by molar-refractivity contribution is 5.74. The van der Waals surface area contributed by atoms with Crippen molar-refractivity contribution in [2.24, 2.45) is 0 Å². The highest BCUT2D eigenvalue weighted by atomic mass is 16.5. The van der Waals surface area contributed by atoms with Crippen LogP contribution >= 0.6 is 0 Å². The number of allylic oxidation sites excluding steroid dienone is 2. The summed E-state index contributed by atoms with van der Waals surface area (Å²) in [5, 5.41) is 0. The van der Waals surface area contributed by atoms with Crippen LogP contribution in [0.25, 0.3) is 0 Å². The van der Waals surface area contributed by atoms with Gasteiger partial charge in [0.2, 0.25) is 0 Å². The van der Waals surface area contributed by atoms with E-state index in [1.807, 2.05) is 30.4 Å². The lowest BCUT2D eigenvalue weighted by atomic mass is 10.1. The molecule has 0 N–H and O–H groups in total. The summed E-state index contributed by atoms with van der Waals surface area (Å²) >= 11 is 0. The van der Waals surface area contributed by atoms with Gasteiger partial charge in [0.15, 0.2) is 6.23 Å². The number of nitrogens with zero attached hydrogens (tertiary/aromatic N) is 1. The second kappa shape index (κ2) is 5.28. The quantitative estimate of drug-likeness (QED) is 0.773. The van der Waals surface area contributed by atoms with Crippen molar-refractivity contribution in [1.82, 2.24) is 4.90 Å². The maximum Gasteiger partial charge on any atom is 0.171 e. The molecular weight excluding hydrogens is 242 g/mol. The van der Waals surface area contributed by atoms with E-state index in [4.69, 9.17) is 9.47 Å². The van der Waals surface area contributed by atoms with Crippen LogP contribution in [0.1, 0.15) is 10.4 Å². The minimum absolute atomic E-state index is 0.0299. The van der Waals surface area contributed by atoms with Crippen molar-refractivity contribution in [1.29, 1.82) is 0 Å². The molecule has 1 aromatic rings. The minimum atomic E-state index is 0.0299. The third kappa shape index (κ3) is 2.69. The summed E-state index contributed by atoms with van der Waals surface area (Å²) in [6.45, 7) is 1.69. The SMILES string of the molecule is O=Cc1ccc(OC2CN(C3C=CC=CO3)C2)cc1. The van der Waals surface area contributed by atoms with Crippen LogP contribution in [0.15, 0.2) is 48.8 Å². The van der Waals surface area contributed by atoms with Gasteiger partial charge in [0.25, 0.3) is 0 Å². The number of rotatable bonds is 4. The Kier molecular flexibility index (Phi) is 3.33. The number of likely N-dealkylation sites (tertiary alicyclic amines) is 1. The van der Waals surface area contributed by atoms with Crippen molar-refractivity contribution in [2.45, 2.75) is 12.3 Å². The number of carbonyl (C=O) groups excluding carboxylic acids is 1. The molecule has 98 valence electrons. The maximum atomic E-state index is 10.6. The monoisotopic (exact) mass is 257 g/mol. The second-order valence-electron chi connectivity index (χ2n) is 4.62.